The predicted octanol–water partition coefficient (Wildman–Crippen LogP) is 4.22. The van der Waals surface area contributed by atoms with Gasteiger partial charge in [-0.25, -0.2) is 4.98 Å². The number of halogens is 1. The molecule has 1 amide bonds. The number of hydrogen-bond donors (Lipinski definition) is 1. The average molecular weight is 372 g/mol. The summed E-state index contributed by atoms with van der Waals surface area (Å²) in [5.74, 6) is 0.581. The molecule has 0 aliphatic heterocycles. The normalized spacial score (nSPS) is 12.3. The molecule has 3 aromatic rings. The molecule has 1 atom stereocenters. The molecule has 0 spiro atoms. The molecule has 0 saturated heterocycles. The molecule has 0 aliphatic carbocycles. The van der Waals surface area contributed by atoms with Crippen molar-refractivity contribution in [1.29, 1.82) is 0 Å². The minimum atomic E-state index is -0.271. The molecular weight excluding hydrogens is 350 g/mol. The molecule has 0 radical (unpaired) electrons. The molecule has 0 bridgehead atoms. The lowest BCUT2D eigenvalue weighted by Crippen LogP contribution is -2.29. The van der Waals surface area contributed by atoms with Crippen LogP contribution in [0.25, 0.3) is 11.0 Å². The number of imidazole rings is 1. The zero-order valence-electron chi connectivity index (χ0n) is 14.9. The van der Waals surface area contributed by atoms with E-state index in [1.165, 1.54) is 0 Å². The van der Waals surface area contributed by atoms with Gasteiger partial charge in [0.15, 0.2) is 0 Å². The number of hydrogen-bond acceptors (Lipinski definition) is 3. The molecule has 5 nitrogen and oxygen atoms in total. The lowest BCUT2D eigenvalue weighted by molar-refractivity contribution is 0.0937. The van der Waals surface area contributed by atoms with Crippen molar-refractivity contribution >= 4 is 28.5 Å². The Balaban J connectivity index is 1.87. The Labute approximate surface area is 157 Å². The molecule has 0 aliphatic rings. The SMILES string of the molecule is CCOCCn1c(C(C)NC(=O)c2ccccc2Cl)nc2ccccc21. The van der Waals surface area contributed by atoms with Crippen LogP contribution in [0.3, 0.4) is 0 Å². The van der Waals surface area contributed by atoms with Crippen molar-refractivity contribution in [2.24, 2.45) is 0 Å². The second kappa shape index (κ2) is 8.34. The highest BCUT2D eigenvalue weighted by atomic mass is 35.5. The highest BCUT2D eigenvalue weighted by Crippen LogP contribution is 2.22. The van der Waals surface area contributed by atoms with Crippen molar-refractivity contribution in [1.82, 2.24) is 14.9 Å². The number of benzene rings is 2. The van der Waals surface area contributed by atoms with Crippen LogP contribution in [0.4, 0.5) is 0 Å². The Morgan fingerprint density at radius 2 is 1.96 bits per heavy atom. The van der Waals surface area contributed by atoms with Crippen molar-refractivity contribution in [3.8, 4) is 0 Å². The zero-order valence-corrected chi connectivity index (χ0v) is 15.7. The van der Waals surface area contributed by atoms with E-state index in [-0.39, 0.29) is 11.9 Å². The first kappa shape index (κ1) is 18.4. The largest absolute Gasteiger partial charge is 0.380 e. The fourth-order valence-electron chi connectivity index (χ4n) is 2.94. The van der Waals surface area contributed by atoms with Gasteiger partial charge in [-0.05, 0) is 38.1 Å². The van der Waals surface area contributed by atoms with Gasteiger partial charge in [0.25, 0.3) is 5.91 Å². The molecular formula is C20H22ClN3O2. The highest BCUT2D eigenvalue weighted by Gasteiger charge is 2.19. The maximum absolute atomic E-state index is 12.6. The van der Waals surface area contributed by atoms with Crippen molar-refractivity contribution in [3.63, 3.8) is 0 Å². The summed E-state index contributed by atoms with van der Waals surface area (Å²) < 4.78 is 7.60. The van der Waals surface area contributed by atoms with E-state index in [9.17, 15) is 4.79 Å². The number of carbonyl (C=O) groups is 1. The molecule has 136 valence electrons. The van der Waals surface area contributed by atoms with Gasteiger partial charge in [-0.2, -0.15) is 0 Å². The highest BCUT2D eigenvalue weighted by molar-refractivity contribution is 6.33. The smallest absolute Gasteiger partial charge is 0.253 e. The van der Waals surface area contributed by atoms with Gasteiger partial charge in [0.05, 0.1) is 34.3 Å². The maximum atomic E-state index is 12.6. The van der Waals surface area contributed by atoms with Crippen LogP contribution in [0, 0.1) is 0 Å². The van der Waals surface area contributed by atoms with Gasteiger partial charge in [-0.15, -0.1) is 0 Å². The van der Waals surface area contributed by atoms with Crippen LogP contribution < -0.4 is 5.32 Å². The molecule has 1 heterocycles. The minimum Gasteiger partial charge on any atom is -0.380 e. The second-order valence-corrected chi connectivity index (χ2v) is 6.39. The molecule has 26 heavy (non-hydrogen) atoms. The molecule has 0 saturated carbocycles. The van der Waals surface area contributed by atoms with E-state index in [0.29, 0.717) is 30.3 Å². The van der Waals surface area contributed by atoms with Gasteiger partial charge in [0, 0.05) is 13.2 Å². The van der Waals surface area contributed by atoms with Gasteiger partial charge in [0.1, 0.15) is 5.82 Å². The summed E-state index contributed by atoms with van der Waals surface area (Å²) in [7, 11) is 0. The van der Waals surface area contributed by atoms with E-state index in [4.69, 9.17) is 21.3 Å². The summed E-state index contributed by atoms with van der Waals surface area (Å²) in [6.45, 7) is 5.83. The summed E-state index contributed by atoms with van der Waals surface area (Å²) in [6, 6.07) is 14.7. The van der Waals surface area contributed by atoms with Gasteiger partial charge >= 0.3 is 0 Å². The third kappa shape index (κ3) is 3.89. The Bertz CT molecular complexity index is 907. The van der Waals surface area contributed by atoms with Crippen molar-refractivity contribution < 1.29 is 9.53 Å². The predicted molar refractivity (Wildman–Crippen MR) is 104 cm³/mol. The number of carbonyl (C=O) groups excluding carboxylic acids is 1. The molecule has 6 heteroatoms. The van der Waals surface area contributed by atoms with Crippen LogP contribution in [0.2, 0.25) is 5.02 Å². The van der Waals surface area contributed by atoms with Gasteiger partial charge in [-0.1, -0.05) is 35.9 Å². The molecule has 3 rings (SSSR count). The number of aromatic nitrogens is 2. The van der Waals surface area contributed by atoms with Crippen molar-refractivity contribution in [2.75, 3.05) is 13.2 Å². The van der Waals surface area contributed by atoms with Crippen LogP contribution in [-0.2, 0) is 11.3 Å². The van der Waals surface area contributed by atoms with E-state index in [0.717, 1.165) is 16.9 Å². The van der Waals surface area contributed by atoms with Crippen LogP contribution in [-0.4, -0.2) is 28.7 Å². The Morgan fingerprint density at radius 1 is 1.23 bits per heavy atom. The number of rotatable bonds is 7. The zero-order chi connectivity index (χ0) is 18.5. The number of nitrogens with zero attached hydrogens (tertiary/aromatic N) is 2. The van der Waals surface area contributed by atoms with E-state index in [2.05, 4.69) is 9.88 Å². The summed E-state index contributed by atoms with van der Waals surface area (Å²) in [6.07, 6.45) is 0. The maximum Gasteiger partial charge on any atom is 0.253 e. The van der Waals surface area contributed by atoms with Gasteiger partial charge in [-0.3, -0.25) is 4.79 Å². The number of amides is 1. The van der Waals surface area contributed by atoms with E-state index < -0.39 is 0 Å². The average Bonchev–Trinajstić information content (AvgIpc) is 3.01. The Morgan fingerprint density at radius 3 is 2.73 bits per heavy atom. The summed E-state index contributed by atoms with van der Waals surface area (Å²) in [5, 5.41) is 3.43. The number of fused-ring (bicyclic) bond motifs is 1. The van der Waals surface area contributed by atoms with Gasteiger partial charge < -0.3 is 14.6 Å². The third-order valence-electron chi connectivity index (χ3n) is 4.20. The van der Waals surface area contributed by atoms with Gasteiger partial charge in [0.2, 0.25) is 0 Å². The first-order chi connectivity index (χ1) is 12.6. The van der Waals surface area contributed by atoms with Crippen LogP contribution in [0.1, 0.15) is 36.1 Å². The Hall–Kier alpha value is -2.37. The van der Waals surface area contributed by atoms with Crippen LogP contribution in [0.5, 0.6) is 0 Å². The summed E-state index contributed by atoms with van der Waals surface area (Å²) >= 11 is 6.13. The fourth-order valence-corrected chi connectivity index (χ4v) is 3.17. The van der Waals surface area contributed by atoms with E-state index >= 15 is 0 Å². The fraction of sp³-hybridized carbons (Fsp3) is 0.300. The molecule has 0 fully saturated rings. The minimum absolute atomic E-state index is 0.216. The number of ether oxygens (including phenoxy) is 1. The standard InChI is InChI=1S/C20H22ClN3O2/c1-3-26-13-12-24-18-11-7-6-10-17(18)23-19(24)14(2)22-20(25)15-8-4-5-9-16(15)21/h4-11,14H,3,12-13H2,1-2H3,(H,22,25). The first-order valence-corrected chi connectivity index (χ1v) is 9.08. The van der Waals surface area contributed by atoms with Crippen LogP contribution in [0.15, 0.2) is 48.5 Å². The van der Waals surface area contributed by atoms with Crippen molar-refractivity contribution in [3.05, 3.63) is 64.9 Å². The van der Waals surface area contributed by atoms with E-state index in [1.54, 1.807) is 24.3 Å². The lowest BCUT2D eigenvalue weighted by Gasteiger charge is -2.17. The monoisotopic (exact) mass is 371 g/mol. The quantitative estimate of drug-likeness (QED) is 0.633. The first-order valence-electron chi connectivity index (χ1n) is 8.70. The molecule has 1 N–H and O–H groups in total. The van der Waals surface area contributed by atoms with E-state index in [1.807, 2.05) is 38.1 Å². The lowest BCUT2D eigenvalue weighted by atomic mass is 10.2. The summed E-state index contributed by atoms with van der Waals surface area (Å²) in [4.78, 5) is 17.3. The number of nitrogens with one attached hydrogen (secondary N) is 1. The topological polar surface area (TPSA) is 56.1 Å². The molecule has 2 aromatic carbocycles. The number of para-hydroxylation sites is 2. The Kier molecular flexibility index (Phi) is 5.91. The summed E-state index contributed by atoms with van der Waals surface area (Å²) in [5.41, 5.74) is 2.39. The van der Waals surface area contributed by atoms with Crippen molar-refractivity contribution in [2.45, 2.75) is 26.4 Å². The third-order valence-corrected chi connectivity index (χ3v) is 4.53. The second-order valence-electron chi connectivity index (χ2n) is 5.98. The molecule has 1 aromatic heterocycles. The van der Waals surface area contributed by atoms with Crippen LogP contribution >= 0.6 is 11.6 Å². The molecule has 1 unspecified atom stereocenters.